The van der Waals surface area contributed by atoms with Crippen molar-refractivity contribution >= 4 is 0 Å². The number of hydrogen-bond acceptors (Lipinski definition) is 3. The van der Waals surface area contributed by atoms with Crippen LogP contribution in [0.1, 0.15) is 5.56 Å². The maximum atomic E-state index is 5.10. The summed E-state index contributed by atoms with van der Waals surface area (Å²) >= 11 is 0. The number of rotatable bonds is 2. The summed E-state index contributed by atoms with van der Waals surface area (Å²) < 4.78 is 5.10. The maximum Gasteiger partial charge on any atom is 0.0594 e. The van der Waals surface area contributed by atoms with Crippen molar-refractivity contribution < 1.29 is 4.74 Å². The van der Waals surface area contributed by atoms with Crippen molar-refractivity contribution in [3.63, 3.8) is 0 Å². The van der Waals surface area contributed by atoms with Crippen LogP contribution in [0, 0.1) is 0 Å². The largest absolute Gasteiger partial charge is 0.379 e. The number of likely N-dealkylation sites (N-methyl/N-ethyl adjacent to an activating group) is 1. The predicted octanol–water partition coefficient (Wildman–Crippen LogP) is 1.35. The summed E-state index contributed by atoms with van der Waals surface area (Å²) in [7, 11) is 4.06. The van der Waals surface area contributed by atoms with E-state index in [1.54, 1.807) is 0 Å². The molecule has 1 saturated heterocycles. The van der Waals surface area contributed by atoms with E-state index >= 15 is 0 Å². The Morgan fingerprint density at radius 2 is 1.81 bits per heavy atom. The molecule has 1 N–H and O–H groups in total. The van der Waals surface area contributed by atoms with Crippen molar-refractivity contribution in [3.8, 4) is 0 Å². The molecule has 1 aliphatic heterocycles. The summed E-state index contributed by atoms with van der Waals surface area (Å²) in [6.07, 6.45) is 0. The molecule has 0 atom stereocenters. The molecule has 1 aromatic rings. The lowest BCUT2D eigenvalue weighted by Gasteiger charge is -2.21. The average Bonchev–Trinajstić information content (AvgIpc) is 2.33. The van der Waals surface area contributed by atoms with Crippen LogP contribution in [0.4, 0.5) is 0 Å². The second kappa shape index (κ2) is 8.28. The zero-order chi connectivity index (χ0) is 11.6. The van der Waals surface area contributed by atoms with Gasteiger partial charge < -0.3 is 15.0 Å². The summed E-state index contributed by atoms with van der Waals surface area (Å²) in [6, 6.07) is 10.3. The van der Waals surface area contributed by atoms with Gasteiger partial charge in [-0.15, -0.1) is 0 Å². The van der Waals surface area contributed by atoms with Gasteiger partial charge in [0.25, 0.3) is 0 Å². The van der Waals surface area contributed by atoms with E-state index in [0.717, 1.165) is 32.8 Å². The van der Waals surface area contributed by atoms with E-state index in [9.17, 15) is 0 Å². The third kappa shape index (κ3) is 5.85. The third-order valence-corrected chi connectivity index (χ3v) is 2.46. The molecule has 0 bridgehead atoms. The molecule has 0 amide bonds. The summed E-state index contributed by atoms with van der Waals surface area (Å²) in [6.45, 7) is 4.98. The fraction of sp³-hybridized carbons (Fsp3) is 0.538. The van der Waals surface area contributed by atoms with Crippen LogP contribution in [0.15, 0.2) is 30.3 Å². The van der Waals surface area contributed by atoms with Gasteiger partial charge in [-0.05, 0) is 19.7 Å². The summed E-state index contributed by atoms with van der Waals surface area (Å²) in [4.78, 5) is 2.27. The minimum Gasteiger partial charge on any atom is -0.379 e. The first kappa shape index (κ1) is 13.2. The first-order valence-corrected chi connectivity index (χ1v) is 5.77. The highest BCUT2D eigenvalue weighted by Gasteiger charge is 2.02. The van der Waals surface area contributed by atoms with Crippen LogP contribution >= 0.6 is 0 Å². The fourth-order valence-electron chi connectivity index (χ4n) is 1.45. The van der Waals surface area contributed by atoms with Crippen LogP contribution in [-0.4, -0.2) is 45.3 Å². The lowest BCUT2D eigenvalue weighted by molar-refractivity contribution is 0.0503. The summed E-state index contributed by atoms with van der Waals surface area (Å²) in [5.74, 6) is 0. The topological polar surface area (TPSA) is 24.5 Å². The molecule has 0 spiro atoms. The van der Waals surface area contributed by atoms with Crippen molar-refractivity contribution in [2.75, 3.05) is 40.4 Å². The Labute approximate surface area is 98.4 Å². The van der Waals surface area contributed by atoms with E-state index < -0.39 is 0 Å². The molecule has 16 heavy (non-hydrogen) atoms. The van der Waals surface area contributed by atoms with Crippen molar-refractivity contribution in [1.29, 1.82) is 0 Å². The number of nitrogens with zero attached hydrogens (tertiary/aromatic N) is 1. The maximum absolute atomic E-state index is 5.10. The van der Waals surface area contributed by atoms with Crippen molar-refractivity contribution in [2.24, 2.45) is 0 Å². The smallest absolute Gasteiger partial charge is 0.0594 e. The molecule has 1 fully saturated rings. The van der Waals surface area contributed by atoms with Gasteiger partial charge in [-0.25, -0.2) is 0 Å². The Kier molecular flexibility index (Phi) is 6.81. The molecule has 0 saturated carbocycles. The lowest BCUT2D eigenvalue weighted by Crippen LogP contribution is -2.32. The molecular weight excluding hydrogens is 200 g/mol. The Hall–Kier alpha value is -0.900. The van der Waals surface area contributed by atoms with Crippen LogP contribution in [0.2, 0.25) is 0 Å². The van der Waals surface area contributed by atoms with Crippen molar-refractivity contribution in [2.45, 2.75) is 6.54 Å². The molecule has 1 aliphatic rings. The monoisotopic (exact) mass is 222 g/mol. The molecule has 0 aliphatic carbocycles. The Balaban J connectivity index is 0.000000165. The molecule has 1 aromatic carbocycles. The fourth-order valence-corrected chi connectivity index (χ4v) is 1.45. The van der Waals surface area contributed by atoms with Crippen LogP contribution in [0.25, 0.3) is 0 Å². The number of morpholine rings is 1. The molecule has 0 unspecified atom stereocenters. The van der Waals surface area contributed by atoms with Gasteiger partial charge >= 0.3 is 0 Å². The molecule has 90 valence electrons. The molecule has 0 aromatic heterocycles. The third-order valence-electron chi connectivity index (χ3n) is 2.46. The number of hydrogen-bond donors (Lipinski definition) is 1. The number of nitrogens with one attached hydrogen (secondary N) is 1. The van der Waals surface area contributed by atoms with E-state index in [2.05, 4.69) is 29.4 Å². The number of benzene rings is 1. The second-order valence-electron chi connectivity index (χ2n) is 3.93. The van der Waals surface area contributed by atoms with Crippen LogP contribution in [-0.2, 0) is 11.3 Å². The van der Waals surface area contributed by atoms with Gasteiger partial charge in [0.15, 0.2) is 0 Å². The minimum atomic E-state index is 0.913. The van der Waals surface area contributed by atoms with Gasteiger partial charge in [-0.3, -0.25) is 0 Å². The highest BCUT2D eigenvalue weighted by molar-refractivity contribution is 5.13. The molecule has 2 rings (SSSR count). The quantitative estimate of drug-likeness (QED) is 0.817. The Morgan fingerprint density at radius 1 is 1.19 bits per heavy atom. The minimum absolute atomic E-state index is 0.913. The zero-order valence-corrected chi connectivity index (χ0v) is 10.3. The first-order valence-electron chi connectivity index (χ1n) is 5.77. The lowest BCUT2D eigenvalue weighted by atomic mass is 10.2. The zero-order valence-electron chi connectivity index (χ0n) is 10.3. The highest BCUT2D eigenvalue weighted by Crippen LogP contribution is 1.95. The van der Waals surface area contributed by atoms with Gasteiger partial charge in [-0.2, -0.15) is 0 Å². The molecule has 3 nitrogen and oxygen atoms in total. The first-order chi connectivity index (χ1) is 7.83. The second-order valence-corrected chi connectivity index (χ2v) is 3.93. The number of ether oxygens (including phenoxy) is 1. The van der Waals surface area contributed by atoms with Crippen molar-refractivity contribution in [3.05, 3.63) is 35.9 Å². The highest BCUT2D eigenvalue weighted by atomic mass is 16.5. The van der Waals surface area contributed by atoms with E-state index in [0.29, 0.717) is 0 Å². The summed E-state index contributed by atoms with van der Waals surface area (Å²) in [5.41, 5.74) is 1.33. The van der Waals surface area contributed by atoms with E-state index in [-0.39, 0.29) is 0 Å². The van der Waals surface area contributed by atoms with E-state index in [4.69, 9.17) is 4.74 Å². The van der Waals surface area contributed by atoms with Gasteiger partial charge in [0.1, 0.15) is 0 Å². The van der Waals surface area contributed by atoms with Crippen LogP contribution in [0.5, 0.6) is 0 Å². The average molecular weight is 222 g/mol. The Bertz CT molecular complexity index is 258. The van der Waals surface area contributed by atoms with Gasteiger partial charge in [0.05, 0.1) is 13.2 Å². The Morgan fingerprint density at radius 3 is 2.25 bits per heavy atom. The van der Waals surface area contributed by atoms with E-state index in [1.807, 2.05) is 25.2 Å². The summed E-state index contributed by atoms with van der Waals surface area (Å²) in [5, 5.41) is 3.08. The SMILES string of the molecule is CN1CCOCC1.CNCc1ccccc1. The van der Waals surface area contributed by atoms with Crippen LogP contribution < -0.4 is 5.32 Å². The van der Waals surface area contributed by atoms with Crippen LogP contribution in [0.3, 0.4) is 0 Å². The molecule has 1 heterocycles. The van der Waals surface area contributed by atoms with E-state index in [1.165, 1.54) is 5.56 Å². The molecule has 3 heteroatoms. The normalized spacial score (nSPS) is 16.4. The molecule has 0 radical (unpaired) electrons. The van der Waals surface area contributed by atoms with Crippen molar-refractivity contribution in [1.82, 2.24) is 10.2 Å². The molecular formula is C13H22N2O. The van der Waals surface area contributed by atoms with Gasteiger partial charge in [0, 0.05) is 19.6 Å². The van der Waals surface area contributed by atoms with Gasteiger partial charge in [0.2, 0.25) is 0 Å². The van der Waals surface area contributed by atoms with Gasteiger partial charge in [-0.1, -0.05) is 30.3 Å². The standard InChI is InChI=1S/C8H11N.C5H11NO/c1-9-7-8-5-3-2-4-6-8;1-6-2-4-7-5-3-6/h2-6,9H,7H2,1H3;2-5H2,1H3. The predicted molar refractivity (Wildman–Crippen MR) is 67.5 cm³/mol.